The van der Waals surface area contributed by atoms with Gasteiger partial charge in [-0.2, -0.15) is 0 Å². The van der Waals surface area contributed by atoms with E-state index in [1.54, 1.807) is 6.08 Å². The molecule has 20 aromatic carbocycles. The highest BCUT2D eigenvalue weighted by molar-refractivity contribution is 6.29. The molecular weight excluding hydrogens is 1480 g/mol. The highest BCUT2D eigenvalue weighted by atomic mass is 16.1. The van der Waals surface area contributed by atoms with Crippen molar-refractivity contribution in [2.75, 3.05) is 5.32 Å². The van der Waals surface area contributed by atoms with E-state index in [-0.39, 0.29) is 5.78 Å². The zero-order valence-electron chi connectivity index (χ0n) is 66.2. The Morgan fingerprint density at radius 2 is 0.623 bits per heavy atom. The lowest BCUT2D eigenvalue weighted by molar-refractivity contribution is 0.104. The number of nitrogens with zero attached hydrogens (tertiary/aromatic N) is 6. The minimum absolute atomic E-state index is 0.0319. The highest BCUT2D eigenvalue weighted by Gasteiger charge is 2.24. The van der Waals surface area contributed by atoms with Crippen LogP contribution in [0.3, 0.4) is 0 Å². The highest BCUT2D eigenvalue weighted by Crippen LogP contribution is 2.47. The molecule has 2 aromatic heterocycles. The summed E-state index contributed by atoms with van der Waals surface area (Å²) in [6.45, 7) is 0. The van der Waals surface area contributed by atoms with Crippen LogP contribution in [-0.2, 0) is 6.42 Å². The molecule has 24 rings (SSSR count). The summed E-state index contributed by atoms with van der Waals surface area (Å²) in [5.41, 5.74) is 29.5. The van der Waals surface area contributed by atoms with E-state index in [9.17, 15) is 4.79 Å². The second kappa shape index (κ2) is 31.0. The average molecular weight is 1560 g/mol. The number of hydrogen-bond donors (Lipinski definition) is 1. The van der Waals surface area contributed by atoms with Gasteiger partial charge in [0.05, 0.1) is 39.2 Å². The summed E-state index contributed by atoms with van der Waals surface area (Å²) in [5.74, 6) is 2.33. The van der Waals surface area contributed by atoms with Crippen LogP contribution in [0.1, 0.15) is 32.6 Å². The summed E-state index contributed by atoms with van der Waals surface area (Å²) in [6.07, 6.45) is 4.29. The monoisotopic (exact) mass is 1560 g/mol. The van der Waals surface area contributed by atoms with Gasteiger partial charge in [0.25, 0.3) is 0 Å². The van der Waals surface area contributed by atoms with E-state index in [0.29, 0.717) is 11.6 Å². The molecule has 0 fully saturated rings. The first-order chi connectivity index (χ1) is 60.4. The lowest BCUT2D eigenvalue weighted by atomic mass is 9.87. The van der Waals surface area contributed by atoms with Crippen LogP contribution >= 0.6 is 0 Å². The fraction of sp³-hybridized carbons (Fsp3) is 0.00877. The topological polar surface area (TPSA) is 105 Å². The third-order valence-electron chi connectivity index (χ3n) is 23.8. The van der Waals surface area contributed by atoms with Crippen molar-refractivity contribution in [2.45, 2.75) is 6.42 Å². The third-order valence-corrected chi connectivity index (χ3v) is 23.8. The summed E-state index contributed by atoms with van der Waals surface area (Å²) >= 11 is 0. The molecule has 0 saturated carbocycles. The Morgan fingerprint density at radius 1 is 0.270 bits per heavy atom. The number of carbonyl (C=O) groups is 1. The predicted octanol–water partition coefficient (Wildman–Crippen LogP) is 29.2. The number of hydrogen-bond acceptors (Lipinski definition) is 8. The number of allylic oxidation sites excluding steroid dienone is 1. The van der Waals surface area contributed by atoms with Crippen LogP contribution in [0.25, 0.3) is 182 Å². The van der Waals surface area contributed by atoms with Gasteiger partial charge in [-0.1, -0.05) is 364 Å². The van der Waals surface area contributed by atoms with Crippen molar-refractivity contribution in [3.8, 4) is 89.5 Å². The Labute approximate surface area is 704 Å². The minimum Gasteiger partial charge on any atom is -0.339 e. The summed E-state index contributed by atoms with van der Waals surface area (Å²) in [5, 5.41) is 17.9. The van der Waals surface area contributed by atoms with Gasteiger partial charge in [-0.05, 0) is 176 Å². The number of aliphatic imine (C=N–C) groups is 2. The Bertz CT molecular complexity index is 7210. The number of aromatic nitrogens is 4. The van der Waals surface area contributed by atoms with Crippen molar-refractivity contribution >= 4 is 127 Å². The van der Waals surface area contributed by atoms with Gasteiger partial charge in [0, 0.05) is 66.7 Å². The van der Waals surface area contributed by atoms with Crippen LogP contribution in [0.15, 0.2) is 429 Å². The molecule has 0 bridgehead atoms. The summed E-state index contributed by atoms with van der Waals surface area (Å²) in [6, 6.07) is 144. The van der Waals surface area contributed by atoms with Crippen LogP contribution in [0.5, 0.6) is 0 Å². The zero-order chi connectivity index (χ0) is 81.0. The Hall–Kier alpha value is -16.3. The second-order valence-electron chi connectivity index (χ2n) is 31.1. The average Bonchev–Trinajstić information content (AvgIpc) is 0.721. The standard InChI is InChI=1S/C64H38N4.C35H23N3.C15H12O/c1-5-13-41(14-6-1)51-37-52(42-15-7-2-8-16-42)48-30-34-56-61-55(33-29-47(51)59(48)61)65-63(66-56)45-25-21-39(22-26-45)40-23-27-46(28-24-40)64-67-57-35-31-49-53(43-17-9-3-10-18-43)38-54(44-19-11-4-12-20-44)50-32-36-58(68-64)62(57)60(49)50;1-5-25-6-2-10-29-33(25)28(9-1)21-32(36-29)24-17-13-22(14-18-24)23-15-19-27(20-16-23)35-37-30-11-3-7-26-8-4-12-31(38-35)34(26)30;16-15(14-9-5-2-6-10-14)12-11-13-7-3-1-4-8-13/h1-38H;1-20H,21H2,(H,37,38);1-12H/b;;12-11+. The van der Waals surface area contributed by atoms with Crippen molar-refractivity contribution in [3.05, 3.63) is 446 Å². The van der Waals surface area contributed by atoms with Crippen molar-refractivity contribution in [3.63, 3.8) is 0 Å². The number of anilines is 1. The summed E-state index contributed by atoms with van der Waals surface area (Å²) in [4.78, 5) is 42.5. The van der Waals surface area contributed by atoms with E-state index in [1.807, 2.05) is 66.7 Å². The number of nitrogens with one attached hydrogen (secondary N) is 1. The maximum atomic E-state index is 11.7. The SMILES string of the molecule is O=C(/C=C/c1ccccc1)c1ccccc1.c1cc2c3c(cccc3c1)N=C(c1ccc(-c3ccc(C4=Nc5cccc6cccc(c56)N4)cc3)cc1)C2.c1ccc(-c2cc(-c3ccccc3)c3ccc4nc(-c5ccc(-c6ccc(-c7nc8ccc9c(-c%10ccccc%10)cc(-c%10ccccc%10)c%10ccc(n7)c8c9%10)cc6)cc5)nc5ccc2c3c54)cc1. The van der Waals surface area contributed by atoms with Gasteiger partial charge in [0.15, 0.2) is 17.4 Å². The smallest absolute Gasteiger partial charge is 0.185 e. The second-order valence-corrected chi connectivity index (χ2v) is 31.1. The van der Waals surface area contributed by atoms with Gasteiger partial charge in [-0.15, -0.1) is 0 Å². The molecule has 122 heavy (non-hydrogen) atoms. The molecule has 0 spiro atoms. The van der Waals surface area contributed by atoms with Crippen LogP contribution in [-0.4, -0.2) is 37.3 Å². The molecule has 0 saturated heterocycles. The number of carbonyl (C=O) groups excluding carboxylic acids is 1. The number of amidine groups is 1. The van der Waals surface area contributed by atoms with Gasteiger partial charge in [-0.3, -0.25) is 9.79 Å². The molecule has 8 nitrogen and oxygen atoms in total. The number of ketones is 1. The van der Waals surface area contributed by atoms with Crippen molar-refractivity contribution in [2.24, 2.45) is 9.98 Å². The molecule has 1 N–H and O–H groups in total. The lowest BCUT2D eigenvalue weighted by Crippen LogP contribution is -2.16. The first kappa shape index (κ1) is 72.2. The number of rotatable bonds is 13. The van der Waals surface area contributed by atoms with E-state index >= 15 is 0 Å². The van der Waals surface area contributed by atoms with Crippen LogP contribution in [0.2, 0.25) is 0 Å². The van der Waals surface area contributed by atoms with Crippen LogP contribution < -0.4 is 5.32 Å². The molecule has 0 atom stereocenters. The fourth-order valence-corrected chi connectivity index (χ4v) is 17.8. The van der Waals surface area contributed by atoms with Gasteiger partial charge in [-0.25, -0.2) is 24.9 Å². The fourth-order valence-electron chi connectivity index (χ4n) is 17.8. The molecule has 2 aliphatic heterocycles. The lowest BCUT2D eigenvalue weighted by Gasteiger charge is -2.19. The maximum Gasteiger partial charge on any atom is 0.185 e. The van der Waals surface area contributed by atoms with Gasteiger partial charge in [0.1, 0.15) is 5.84 Å². The van der Waals surface area contributed by atoms with E-state index in [0.717, 1.165) is 107 Å². The normalized spacial score (nSPS) is 12.2. The summed E-state index contributed by atoms with van der Waals surface area (Å²) in [7, 11) is 0. The molecule has 4 heterocycles. The molecule has 570 valence electrons. The predicted molar refractivity (Wildman–Crippen MR) is 509 cm³/mol. The van der Waals surface area contributed by atoms with Crippen LogP contribution in [0, 0.1) is 0 Å². The first-order valence-electron chi connectivity index (χ1n) is 41.3. The van der Waals surface area contributed by atoms with Gasteiger partial charge < -0.3 is 5.32 Å². The Balaban J connectivity index is 0.000000137. The van der Waals surface area contributed by atoms with E-state index in [1.165, 1.54) is 121 Å². The van der Waals surface area contributed by atoms with Crippen molar-refractivity contribution < 1.29 is 4.79 Å². The molecule has 2 aliphatic rings. The first-order valence-corrected chi connectivity index (χ1v) is 41.3. The van der Waals surface area contributed by atoms with Gasteiger partial charge in [0.2, 0.25) is 0 Å². The molecule has 0 unspecified atom stereocenters. The van der Waals surface area contributed by atoms with E-state index < -0.39 is 0 Å². The van der Waals surface area contributed by atoms with Crippen molar-refractivity contribution in [1.29, 1.82) is 0 Å². The van der Waals surface area contributed by atoms with E-state index in [4.69, 9.17) is 29.9 Å². The molecule has 0 radical (unpaired) electrons. The van der Waals surface area contributed by atoms with Gasteiger partial charge >= 0.3 is 0 Å². The van der Waals surface area contributed by atoms with Crippen molar-refractivity contribution in [1.82, 2.24) is 19.9 Å². The molecule has 0 amide bonds. The third kappa shape index (κ3) is 13.5. The largest absolute Gasteiger partial charge is 0.339 e. The molecule has 0 aliphatic carbocycles. The Morgan fingerprint density at radius 3 is 1.05 bits per heavy atom. The molecular formula is C114H73N7O. The van der Waals surface area contributed by atoms with Crippen LogP contribution in [0.4, 0.5) is 17.1 Å². The number of benzene rings is 20. The Kier molecular flexibility index (Phi) is 18.3. The minimum atomic E-state index is 0.0319. The summed E-state index contributed by atoms with van der Waals surface area (Å²) < 4.78 is 0. The molecule has 8 heteroatoms. The molecule has 22 aromatic rings. The quantitative estimate of drug-likeness (QED) is 0.0700. The van der Waals surface area contributed by atoms with E-state index in [2.05, 4.69) is 357 Å². The maximum absolute atomic E-state index is 11.7. The zero-order valence-corrected chi connectivity index (χ0v) is 66.2.